The number of aliphatic hydroxyl groups excluding tert-OH is 1. The van der Waals surface area contributed by atoms with Crippen LogP contribution in [0.2, 0.25) is 0 Å². The van der Waals surface area contributed by atoms with Crippen LogP contribution in [0.15, 0.2) is 11.6 Å². The van der Waals surface area contributed by atoms with Gasteiger partial charge in [0.15, 0.2) is 6.29 Å². The van der Waals surface area contributed by atoms with Gasteiger partial charge in [-0.15, -0.1) is 0 Å². The van der Waals surface area contributed by atoms with Crippen LogP contribution in [0.3, 0.4) is 0 Å². The van der Waals surface area contributed by atoms with Gasteiger partial charge in [-0.25, -0.2) is 0 Å². The quantitative estimate of drug-likeness (QED) is 0.354. The number of aldehydes is 1. The Bertz CT molecular complexity index is 937. The Kier molecular flexibility index (Phi) is 7.15. The number of ether oxygens (including phenoxy) is 3. The highest BCUT2D eigenvalue weighted by Gasteiger charge is 2.84. The van der Waals surface area contributed by atoms with Crippen LogP contribution < -0.4 is 0 Å². The summed E-state index contributed by atoms with van der Waals surface area (Å²) < 4.78 is 17.8. The van der Waals surface area contributed by atoms with E-state index in [-0.39, 0.29) is 30.5 Å². The smallest absolute Gasteiger partial charge is 0.315 e. The molecule has 4 aliphatic carbocycles. The number of aliphatic hydroxyl groups is 1. The predicted molar refractivity (Wildman–Crippen MR) is 137 cm³/mol. The normalized spacial score (nSPS) is 47.1. The molecule has 0 aromatic heterocycles. The number of carbonyl (C=O) groups excluding carboxylic acids is 1. The van der Waals surface area contributed by atoms with Crippen molar-refractivity contribution < 1.29 is 34.0 Å². The maximum absolute atomic E-state index is 13.6. The highest BCUT2D eigenvalue weighted by molar-refractivity contribution is 5.90. The first-order valence-electron chi connectivity index (χ1n) is 14.2. The molecule has 1 heterocycles. The van der Waals surface area contributed by atoms with E-state index in [1.165, 1.54) is 0 Å². The molecule has 1 aliphatic heterocycles. The highest BCUT2D eigenvalue weighted by atomic mass is 16.7. The molecule has 8 heteroatoms. The Morgan fingerprint density at radius 2 is 2.03 bits per heavy atom. The van der Waals surface area contributed by atoms with Crippen molar-refractivity contribution in [2.45, 2.75) is 71.9 Å². The van der Waals surface area contributed by atoms with Gasteiger partial charge in [0.25, 0.3) is 0 Å². The van der Waals surface area contributed by atoms with Crippen molar-refractivity contribution in [1.29, 1.82) is 0 Å². The van der Waals surface area contributed by atoms with Crippen molar-refractivity contribution in [3.8, 4) is 0 Å². The van der Waals surface area contributed by atoms with E-state index >= 15 is 0 Å². The number of methoxy groups -OCH3 is 1. The summed E-state index contributed by atoms with van der Waals surface area (Å²) in [6, 6.07) is 0. The van der Waals surface area contributed by atoms with Crippen LogP contribution in [0.5, 0.6) is 0 Å². The zero-order valence-electron chi connectivity index (χ0n) is 23.0. The number of carboxylic acids is 1. The molecule has 0 amide bonds. The Morgan fingerprint density at radius 3 is 2.68 bits per heavy atom. The second-order valence-corrected chi connectivity index (χ2v) is 12.9. The van der Waals surface area contributed by atoms with E-state index in [1.54, 1.807) is 7.11 Å². The molecule has 0 radical (unpaired) electrons. The molecule has 0 aromatic carbocycles. The van der Waals surface area contributed by atoms with Crippen LogP contribution in [-0.2, 0) is 23.8 Å². The topological polar surface area (TPSA) is 106 Å². The van der Waals surface area contributed by atoms with Crippen LogP contribution >= 0.6 is 0 Å². The van der Waals surface area contributed by atoms with Gasteiger partial charge in [-0.1, -0.05) is 38.8 Å². The number of rotatable bonds is 9. The minimum Gasteiger partial charge on any atom is -0.481 e. The predicted octanol–water partition coefficient (Wildman–Crippen LogP) is 2.98. The van der Waals surface area contributed by atoms with E-state index in [0.29, 0.717) is 44.5 Å². The van der Waals surface area contributed by atoms with Gasteiger partial charge < -0.3 is 29.2 Å². The van der Waals surface area contributed by atoms with Crippen molar-refractivity contribution in [3.05, 3.63) is 11.6 Å². The van der Waals surface area contributed by atoms with E-state index in [4.69, 9.17) is 14.2 Å². The van der Waals surface area contributed by atoms with Gasteiger partial charge in [0.1, 0.15) is 17.8 Å². The Morgan fingerprint density at radius 1 is 1.27 bits per heavy atom. The lowest BCUT2D eigenvalue weighted by Crippen LogP contribution is -2.63. The summed E-state index contributed by atoms with van der Waals surface area (Å²) in [6.07, 6.45) is 4.58. The molecule has 208 valence electrons. The van der Waals surface area contributed by atoms with Crippen molar-refractivity contribution in [2.75, 3.05) is 40.0 Å². The summed E-state index contributed by atoms with van der Waals surface area (Å²) >= 11 is 0. The second kappa shape index (κ2) is 9.70. The molecule has 10 atom stereocenters. The third kappa shape index (κ3) is 3.65. The first-order chi connectivity index (χ1) is 17.6. The lowest BCUT2D eigenvalue weighted by atomic mass is 9.43. The zero-order valence-corrected chi connectivity index (χ0v) is 23.0. The first-order valence-corrected chi connectivity index (χ1v) is 14.2. The number of aliphatic carboxylic acids is 1. The average Bonchev–Trinajstić information content (AvgIpc) is 3.37. The number of allylic oxidation sites excluding steroid dienone is 1. The van der Waals surface area contributed by atoms with Crippen LogP contribution in [-0.4, -0.2) is 85.8 Å². The van der Waals surface area contributed by atoms with Crippen molar-refractivity contribution in [3.63, 3.8) is 0 Å². The summed E-state index contributed by atoms with van der Waals surface area (Å²) in [5.41, 5.74) is -2.03. The maximum Gasteiger partial charge on any atom is 0.315 e. The number of carbonyl (C=O) groups is 2. The van der Waals surface area contributed by atoms with Gasteiger partial charge in [0.2, 0.25) is 0 Å². The van der Waals surface area contributed by atoms with Crippen LogP contribution in [0, 0.1) is 45.8 Å². The fraction of sp³-hybridized carbons (Fsp3) is 0.862. The lowest BCUT2D eigenvalue weighted by Gasteiger charge is -2.58. The monoisotopic (exact) mass is 519 g/mol. The number of β-amino-alcohol motifs (C(OH)–C–C–N with tert-alkyl or cyclic N) is 1. The van der Waals surface area contributed by atoms with E-state index in [1.807, 2.05) is 20.8 Å². The van der Waals surface area contributed by atoms with Crippen LogP contribution in [0.1, 0.15) is 53.4 Å². The van der Waals surface area contributed by atoms with Crippen molar-refractivity contribution in [1.82, 2.24) is 4.90 Å². The summed E-state index contributed by atoms with van der Waals surface area (Å²) in [6.45, 7) is 10.8. The molecule has 5 aliphatic rings. The molecule has 5 rings (SSSR count). The van der Waals surface area contributed by atoms with Gasteiger partial charge in [-0.2, -0.15) is 0 Å². The number of hydrogen-bond acceptors (Lipinski definition) is 7. The minimum absolute atomic E-state index is 0.0181. The largest absolute Gasteiger partial charge is 0.481 e. The summed E-state index contributed by atoms with van der Waals surface area (Å²) in [5.74, 6) is -0.0704. The van der Waals surface area contributed by atoms with E-state index in [9.17, 15) is 19.8 Å². The van der Waals surface area contributed by atoms with E-state index in [0.717, 1.165) is 31.1 Å². The van der Waals surface area contributed by atoms with Crippen molar-refractivity contribution >= 4 is 12.3 Å². The Balaban J connectivity index is 1.50. The van der Waals surface area contributed by atoms with E-state index in [2.05, 4.69) is 17.9 Å². The SMILES string of the molecule is COCCN1C[C@@H](C)O[C@@H](OCC23C[C@@H]4[C@H](C)CC[C@H]4C4(C=O)CC2C=C(C(C)C)[C@@]34C(=O)O)[C@@H](O)C1. The highest BCUT2D eigenvalue weighted by Crippen LogP contribution is 2.82. The number of hydrogen-bond donors (Lipinski definition) is 2. The van der Waals surface area contributed by atoms with Gasteiger partial charge in [0, 0.05) is 32.2 Å². The summed E-state index contributed by atoms with van der Waals surface area (Å²) in [7, 11) is 1.66. The lowest BCUT2D eigenvalue weighted by molar-refractivity contribution is -0.235. The number of fused-ring (bicyclic) bond motifs is 2. The molecule has 2 N–H and O–H groups in total. The first kappa shape index (κ1) is 27.3. The molecule has 3 unspecified atom stereocenters. The summed E-state index contributed by atoms with van der Waals surface area (Å²) in [5, 5.41) is 22.2. The van der Waals surface area contributed by atoms with E-state index < -0.39 is 34.6 Å². The Hall–Kier alpha value is -1.32. The Labute approximate surface area is 220 Å². The molecular formula is C29H45NO7. The maximum atomic E-state index is 13.6. The van der Waals surface area contributed by atoms with Gasteiger partial charge >= 0.3 is 5.97 Å². The number of nitrogens with zero attached hydrogens (tertiary/aromatic N) is 1. The molecule has 0 spiro atoms. The third-order valence-corrected chi connectivity index (χ3v) is 10.9. The molecule has 4 bridgehead atoms. The second-order valence-electron chi connectivity index (χ2n) is 12.9. The van der Waals surface area contributed by atoms with Crippen LogP contribution in [0.4, 0.5) is 0 Å². The fourth-order valence-electron chi connectivity index (χ4n) is 9.57. The standard InChI is InChI=1S/C29H45NO7/c1-17(2)23-10-20-11-27(15-31)22-7-6-18(3)21(22)12-28(20,29(23,27)26(33)34)16-36-25-24(32)14-30(8-9-35-5)13-19(4)37-25/h10,15,17-22,24-25,32H,6-9,11-14,16H2,1-5H3,(H,33,34)/t18-,19-,20?,21-,22-,24+,25-,27?,28?,29+/m1/s1. The number of carboxylic acid groups (broad SMARTS) is 1. The third-order valence-electron chi connectivity index (χ3n) is 10.9. The van der Waals surface area contributed by atoms with Gasteiger partial charge in [-0.05, 0) is 55.8 Å². The summed E-state index contributed by atoms with van der Waals surface area (Å²) in [4.78, 5) is 28.8. The molecule has 4 fully saturated rings. The fourth-order valence-corrected chi connectivity index (χ4v) is 9.57. The zero-order chi connectivity index (χ0) is 26.8. The molecule has 1 saturated heterocycles. The molecule has 0 aromatic rings. The average molecular weight is 520 g/mol. The van der Waals surface area contributed by atoms with Crippen LogP contribution in [0.25, 0.3) is 0 Å². The minimum atomic E-state index is -1.28. The molecule has 8 nitrogen and oxygen atoms in total. The molecule has 37 heavy (non-hydrogen) atoms. The van der Waals surface area contributed by atoms with Crippen molar-refractivity contribution in [2.24, 2.45) is 45.8 Å². The molecular weight excluding hydrogens is 474 g/mol. The van der Waals surface area contributed by atoms with Gasteiger partial charge in [-0.3, -0.25) is 9.69 Å². The van der Waals surface area contributed by atoms with Gasteiger partial charge in [0.05, 0.1) is 24.7 Å². The molecule has 3 saturated carbocycles.